The second kappa shape index (κ2) is 6.81. The first-order valence-electron chi connectivity index (χ1n) is 8.94. The van der Waals surface area contributed by atoms with Crippen LogP contribution >= 0.6 is 0 Å². The van der Waals surface area contributed by atoms with Crippen molar-refractivity contribution in [3.8, 4) is 12.8 Å². The number of benzene rings is 1. The first kappa shape index (κ1) is 16.1. The van der Waals surface area contributed by atoms with E-state index >= 15 is 0 Å². The van der Waals surface area contributed by atoms with E-state index in [0.29, 0.717) is 6.04 Å². The maximum atomic E-state index is 4.00. The van der Waals surface area contributed by atoms with Crippen LogP contribution in [0.4, 0.5) is 0 Å². The predicted molar refractivity (Wildman–Crippen MR) is 98.4 cm³/mol. The second-order valence-corrected chi connectivity index (χ2v) is 7.09. The maximum Gasteiger partial charge on any atom is 0.0504 e. The van der Waals surface area contributed by atoms with Crippen molar-refractivity contribution in [2.45, 2.75) is 45.6 Å². The number of piperidine rings is 1. The highest BCUT2D eigenvalue weighted by atomic mass is 15.2. The van der Waals surface area contributed by atoms with Crippen LogP contribution < -0.4 is 0 Å². The average molecular weight is 308 g/mol. The van der Waals surface area contributed by atoms with Crippen molar-refractivity contribution in [3.05, 3.63) is 35.5 Å². The van der Waals surface area contributed by atoms with Crippen molar-refractivity contribution in [1.82, 2.24) is 9.88 Å². The number of hydrogen-bond donors (Lipinski definition) is 1. The Bertz CT molecular complexity index is 681. The van der Waals surface area contributed by atoms with E-state index in [1.54, 1.807) is 5.56 Å². The maximum absolute atomic E-state index is 4.00. The molecule has 0 aliphatic carbocycles. The van der Waals surface area contributed by atoms with E-state index in [-0.39, 0.29) is 0 Å². The van der Waals surface area contributed by atoms with Gasteiger partial charge in [0.2, 0.25) is 0 Å². The van der Waals surface area contributed by atoms with Gasteiger partial charge < -0.3 is 4.98 Å². The van der Waals surface area contributed by atoms with E-state index in [4.69, 9.17) is 0 Å². The zero-order valence-electron chi connectivity index (χ0n) is 14.4. The third kappa shape index (κ3) is 2.79. The molecule has 23 heavy (non-hydrogen) atoms. The second-order valence-electron chi connectivity index (χ2n) is 7.09. The minimum absolute atomic E-state index is 0.633. The third-order valence-corrected chi connectivity index (χ3v) is 5.78. The van der Waals surface area contributed by atoms with Gasteiger partial charge in [0.15, 0.2) is 0 Å². The van der Waals surface area contributed by atoms with Crippen LogP contribution in [0.3, 0.4) is 0 Å². The number of hydrogen-bond acceptors (Lipinski definition) is 1. The number of fused-ring (bicyclic) bond motifs is 5. The number of rotatable bonds is 2. The quantitative estimate of drug-likeness (QED) is 0.792. The van der Waals surface area contributed by atoms with E-state index in [0.717, 1.165) is 11.8 Å². The van der Waals surface area contributed by atoms with Gasteiger partial charge in [-0.15, -0.1) is 12.8 Å². The fourth-order valence-electron chi connectivity index (χ4n) is 4.67. The summed E-state index contributed by atoms with van der Waals surface area (Å²) in [6, 6.07) is 9.47. The molecular weight excluding hydrogens is 280 g/mol. The number of nitrogens with one attached hydrogen (secondary N) is 1. The van der Waals surface area contributed by atoms with Crippen LogP contribution in [0.5, 0.6) is 0 Å². The standard InChI is InChI=1S/C19H26N2.C2H2/c1-3-6-14-11-18-19-16(9-10-21(18)12-13(14)2)15-7-4-5-8-17(15)20-19;1-2/h4-5,7-8,13-14,18,20H,3,6,9-12H2,1-2H3;1-2H. The lowest BCUT2D eigenvalue weighted by Crippen LogP contribution is -2.45. The molecule has 2 aliphatic rings. The predicted octanol–water partition coefficient (Wildman–Crippen LogP) is 4.77. The van der Waals surface area contributed by atoms with Gasteiger partial charge in [0, 0.05) is 29.7 Å². The summed E-state index contributed by atoms with van der Waals surface area (Å²) in [4.78, 5) is 6.48. The van der Waals surface area contributed by atoms with Crippen LogP contribution in [0.15, 0.2) is 24.3 Å². The van der Waals surface area contributed by atoms with E-state index < -0.39 is 0 Å². The average Bonchev–Trinajstić information content (AvgIpc) is 2.97. The summed E-state index contributed by atoms with van der Waals surface area (Å²) in [5, 5.41) is 1.46. The molecule has 0 bridgehead atoms. The molecule has 2 heteroatoms. The molecule has 4 rings (SSSR count). The molecule has 1 aromatic carbocycles. The summed E-state index contributed by atoms with van der Waals surface area (Å²) in [6.07, 6.45) is 13.3. The Balaban J connectivity index is 0.000000753. The van der Waals surface area contributed by atoms with Crippen LogP contribution in [0.2, 0.25) is 0 Å². The van der Waals surface area contributed by atoms with Crippen LogP contribution in [0.25, 0.3) is 10.9 Å². The molecule has 3 atom stereocenters. The number of terminal acetylenes is 1. The normalized spacial score (nSPS) is 26.9. The zero-order chi connectivity index (χ0) is 16.4. The van der Waals surface area contributed by atoms with Crippen molar-refractivity contribution in [3.63, 3.8) is 0 Å². The van der Waals surface area contributed by atoms with E-state index in [9.17, 15) is 0 Å². The number of nitrogens with zero attached hydrogens (tertiary/aromatic N) is 1. The molecule has 2 aromatic rings. The molecule has 1 aromatic heterocycles. The summed E-state index contributed by atoms with van der Waals surface area (Å²) >= 11 is 0. The Morgan fingerprint density at radius 2 is 2.04 bits per heavy atom. The largest absolute Gasteiger partial charge is 0.357 e. The number of para-hydroxylation sites is 1. The number of aromatic amines is 1. The molecule has 1 fully saturated rings. The van der Waals surface area contributed by atoms with Gasteiger partial charge in [-0.2, -0.15) is 0 Å². The fraction of sp³-hybridized carbons (Fsp3) is 0.524. The smallest absolute Gasteiger partial charge is 0.0504 e. The monoisotopic (exact) mass is 308 g/mol. The molecule has 2 nitrogen and oxygen atoms in total. The minimum Gasteiger partial charge on any atom is -0.357 e. The van der Waals surface area contributed by atoms with Crippen molar-refractivity contribution < 1.29 is 0 Å². The molecule has 0 amide bonds. The van der Waals surface area contributed by atoms with Crippen molar-refractivity contribution >= 4 is 10.9 Å². The first-order valence-corrected chi connectivity index (χ1v) is 8.94. The summed E-state index contributed by atoms with van der Waals surface area (Å²) in [6.45, 7) is 7.30. The highest BCUT2D eigenvalue weighted by molar-refractivity contribution is 5.85. The molecule has 0 radical (unpaired) electrons. The molecule has 0 saturated carbocycles. The third-order valence-electron chi connectivity index (χ3n) is 5.78. The lowest BCUT2D eigenvalue weighted by molar-refractivity contribution is 0.0560. The molecule has 0 spiro atoms. The van der Waals surface area contributed by atoms with Gasteiger partial charge in [-0.3, -0.25) is 4.90 Å². The Morgan fingerprint density at radius 1 is 1.26 bits per heavy atom. The molecule has 3 heterocycles. The van der Waals surface area contributed by atoms with Gasteiger partial charge >= 0.3 is 0 Å². The molecule has 1 saturated heterocycles. The Hall–Kier alpha value is -1.72. The highest BCUT2D eigenvalue weighted by Gasteiger charge is 2.37. The minimum atomic E-state index is 0.633. The summed E-state index contributed by atoms with van der Waals surface area (Å²) in [7, 11) is 0. The lowest BCUT2D eigenvalue weighted by Gasteiger charge is -2.45. The Morgan fingerprint density at radius 3 is 2.83 bits per heavy atom. The highest BCUT2D eigenvalue weighted by Crippen LogP contribution is 2.43. The van der Waals surface area contributed by atoms with Crippen LogP contribution in [-0.4, -0.2) is 23.0 Å². The van der Waals surface area contributed by atoms with E-state index in [1.165, 1.54) is 55.4 Å². The van der Waals surface area contributed by atoms with Crippen molar-refractivity contribution in [2.24, 2.45) is 11.8 Å². The lowest BCUT2D eigenvalue weighted by atomic mass is 9.77. The Kier molecular flexibility index (Phi) is 4.78. The van der Waals surface area contributed by atoms with E-state index in [1.807, 2.05) is 0 Å². The van der Waals surface area contributed by atoms with Crippen LogP contribution in [0, 0.1) is 24.7 Å². The van der Waals surface area contributed by atoms with Crippen LogP contribution in [0.1, 0.15) is 50.4 Å². The van der Waals surface area contributed by atoms with Gasteiger partial charge in [-0.25, -0.2) is 0 Å². The molecular formula is C21H28N2. The first-order chi connectivity index (χ1) is 11.3. The molecule has 3 unspecified atom stereocenters. The fourth-order valence-corrected chi connectivity index (χ4v) is 4.67. The number of aromatic nitrogens is 1. The SMILES string of the molecule is C#C.CCCC1CC2c3[nH]c4ccccc4c3CCN2CC1C. The van der Waals surface area contributed by atoms with Gasteiger partial charge in [0.1, 0.15) is 0 Å². The van der Waals surface area contributed by atoms with Gasteiger partial charge in [-0.05, 0) is 36.3 Å². The molecule has 2 aliphatic heterocycles. The molecule has 1 N–H and O–H groups in total. The van der Waals surface area contributed by atoms with E-state index in [2.05, 4.69) is 60.8 Å². The van der Waals surface area contributed by atoms with Gasteiger partial charge in [0.25, 0.3) is 0 Å². The van der Waals surface area contributed by atoms with Gasteiger partial charge in [-0.1, -0.05) is 44.9 Å². The van der Waals surface area contributed by atoms with Crippen molar-refractivity contribution in [2.75, 3.05) is 13.1 Å². The summed E-state index contributed by atoms with van der Waals surface area (Å²) < 4.78 is 0. The topological polar surface area (TPSA) is 19.0 Å². The van der Waals surface area contributed by atoms with Crippen molar-refractivity contribution in [1.29, 1.82) is 0 Å². The summed E-state index contributed by atoms with van der Waals surface area (Å²) in [5.41, 5.74) is 4.45. The Labute approximate surface area is 140 Å². The summed E-state index contributed by atoms with van der Waals surface area (Å²) in [5.74, 6) is 1.75. The van der Waals surface area contributed by atoms with Gasteiger partial charge in [0.05, 0.1) is 6.04 Å². The number of H-pyrrole nitrogens is 1. The zero-order valence-corrected chi connectivity index (χ0v) is 14.4. The van der Waals surface area contributed by atoms with Crippen LogP contribution in [-0.2, 0) is 6.42 Å². The molecule has 122 valence electrons.